The fourth-order valence-electron chi connectivity index (χ4n) is 3.26. The molecule has 1 saturated carbocycles. The van der Waals surface area contributed by atoms with Crippen LogP contribution in [0.3, 0.4) is 0 Å². The van der Waals surface area contributed by atoms with Crippen molar-refractivity contribution in [3.63, 3.8) is 0 Å². The molecule has 122 valence electrons. The molecule has 2 rings (SSSR count). The number of rotatable bonds is 4. The van der Waals surface area contributed by atoms with Crippen LogP contribution < -0.4 is 5.32 Å². The molecule has 2 fully saturated rings. The van der Waals surface area contributed by atoms with Crippen LogP contribution >= 0.6 is 0 Å². The van der Waals surface area contributed by atoms with Crippen LogP contribution in [-0.2, 0) is 4.74 Å². The van der Waals surface area contributed by atoms with Gasteiger partial charge in [0.05, 0.1) is 0 Å². The van der Waals surface area contributed by atoms with Crippen molar-refractivity contribution in [3.8, 4) is 0 Å². The maximum Gasteiger partial charge on any atom is 0.410 e. The lowest BCUT2D eigenvalue weighted by atomic mass is 9.81. The molecule has 1 aliphatic heterocycles. The highest BCUT2D eigenvalue weighted by Crippen LogP contribution is 2.30. The molecule has 0 bridgehead atoms. The third-order valence-corrected chi connectivity index (χ3v) is 4.77. The monoisotopic (exact) mass is 296 g/mol. The van der Waals surface area contributed by atoms with Gasteiger partial charge in [-0.3, -0.25) is 0 Å². The number of carbonyl (C=O) groups excluding carboxylic acids is 1. The lowest BCUT2D eigenvalue weighted by Gasteiger charge is -2.41. The van der Waals surface area contributed by atoms with E-state index in [0.717, 1.165) is 31.5 Å². The molecule has 0 unspecified atom stereocenters. The predicted octanol–water partition coefficient (Wildman–Crippen LogP) is 3.41. The molecule has 0 aromatic carbocycles. The molecule has 21 heavy (non-hydrogen) atoms. The number of nitrogens with zero attached hydrogens (tertiary/aromatic N) is 1. The minimum Gasteiger partial charge on any atom is -0.444 e. The third-order valence-electron chi connectivity index (χ3n) is 4.77. The lowest BCUT2D eigenvalue weighted by molar-refractivity contribution is 0.00480. The molecule has 2 aliphatic rings. The van der Waals surface area contributed by atoms with Gasteiger partial charge in [-0.15, -0.1) is 0 Å². The van der Waals surface area contributed by atoms with E-state index >= 15 is 0 Å². The van der Waals surface area contributed by atoms with Crippen molar-refractivity contribution in [2.75, 3.05) is 19.6 Å². The van der Waals surface area contributed by atoms with Gasteiger partial charge >= 0.3 is 6.09 Å². The number of amides is 1. The number of nitrogens with one attached hydrogen (secondary N) is 1. The van der Waals surface area contributed by atoms with Crippen LogP contribution in [0.5, 0.6) is 0 Å². The van der Waals surface area contributed by atoms with Gasteiger partial charge in [0.2, 0.25) is 0 Å². The van der Waals surface area contributed by atoms with Crippen molar-refractivity contribution in [2.24, 2.45) is 11.8 Å². The highest BCUT2D eigenvalue weighted by Gasteiger charge is 2.33. The lowest BCUT2D eigenvalue weighted by Crippen LogP contribution is -2.61. The molecule has 0 aromatic heterocycles. The first-order valence-electron chi connectivity index (χ1n) is 8.58. The highest BCUT2D eigenvalue weighted by molar-refractivity contribution is 5.69. The zero-order chi connectivity index (χ0) is 15.5. The maximum atomic E-state index is 11.8. The molecule has 1 heterocycles. The molecule has 0 spiro atoms. The van der Waals surface area contributed by atoms with Gasteiger partial charge in [-0.05, 0) is 52.0 Å². The summed E-state index contributed by atoms with van der Waals surface area (Å²) < 4.78 is 5.37. The highest BCUT2D eigenvalue weighted by atomic mass is 16.6. The number of carbonyl (C=O) groups is 1. The minimum atomic E-state index is -0.395. The van der Waals surface area contributed by atoms with Crippen molar-refractivity contribution in [1.82, 2.24) is 10.2 Å². The van der Waals surface area contributed by atoms with Gasteiger partial charge in [-0.2, -0.15) is 0 Å². The Morgan fingerprint density at radius 1 is 1.14 bits per heavy atom. The Morgan fingerprint density at radius 3 is 2.24 bits per heavy atom. The summed E-state index contributed by atoms with van der Waals surface area (Å²) in [6.45, 7) is 10.7. The quantitative estimate of drug-likeness (QED) is 0.864. The van der Waals surface area contributed by atoms with E-state index in [4.69, 9.17) is 4.74 Å². The third kappa shape index (κ3) is 5.17. The zero-order valence-electron chi connectivity index (χ0n) is 14.2. The smallest absolute Gasteiger partial charge is 0.410 e. The van der Waals surface area contributed by atoms with E-state index in [-0.39, 0.29) is 6.09 Å². The Bertz CT molecular complexity index is 337. The maximum absolute atomic E-state index is 11.8. The van der Waals surface area contributed by atoms with E-state index in [0.29, 0.717) is 6.04 Å². The van der Waals surface area contributed by atoms with E-state index in [9.17, 15) is 4.79 Å². The summed E-state index contributed by atoms with van der Waals surface area (Å²) in [4.78, 5) is 13.6. The van der Waals surface area contributed by atoms with Crippen LogP contribution in [0.15, 0.2) is 0 Å². The molecule has 1 aliphatic carbocycles. The summed E-state index contributed by atoms with van der Waals surface area (Å²) in [6, 6.07) is 0.460. The number of hydrogen-bond donors (Lipinski definition) is 1. The van der Waals surface area contributed by atoms with Crippen molar-refractivity contribution >= 4 is 6.09 Å². The van der Waals surface area contributed by atoms with Gasteiger partial charge in [-0.1, -0.05) is 26.2 Å². The van der Waals surface area contributed by atoms with Crippen molar-refractivity contribution < 1.29 is 9.53 Å². The molecule has 1 amide bonds. The summed E-state index contributed by atoms with van der Waals surface area (Å²) in [7, 11) is 0. The van der Waals surface area contributed by atoms with Crippen LogP contribution in [0.1, 0.15) is 59.8 Å². The number of hydrogen-bond acceptors (Lipinski definition) is 3. The Kier molecular flexibility index (Phi) is 5.53. The predicted molar refractivity (Wildman–Crippen MR) is 85.3 cm³/mol. The van der Waals surface area contributed by atoms with Crippen LogP contribution in [0, 0.1) is 11.8 Å². The van der Waals surface area contributed by atoms with Crippen molar-refractivity contribution in [1.29, 1.82) is 0 Å². The van der Waals surface area contributed by atoms with Crippen LogP contribution in [0.2, 0.25) is 0 Å². The standard InChI is InChI=1S/C17H32N2O2/c1-5-13-6-8-14(9-7-13)10-18-15-11-19(12-15)16(20)21-17(2,3)4/h13-15,18H,5-12H2,1-4H3. The normalized spacial score (nSPS) is 27.3. The van der Waals surface area contributed by atoms with E-state index in [2.05, 4.69) is 12.2 Å². The molecule has 4 heteroatoms. The molecule has 0 aromatic rings. The minimum absolute atomic E-state index is 0.177. The van der Waals surface area contributed by atoms with Crippen molar-refractivity contribution in [3.05, 3.63) is 0 Å². The van der Waals surface area contributed by atoms with E-state index in [1.807, 2.05) is 20.8 Å². The Morgan fingerprint density at radius 2 is 1.71 bits per heavy atom. The topological polar surface area (TPSA) is 41.6 Å². The van der Waals surface area contributed by atoms with Gasteiger partial charge in [0.15, 0.2) is 0 Å². The van der Waals surface area contributed by atoms with Gasteiger partial charge in [0.25, 0.3) is 0 Å². The fraction of sp³-hybridized carbons (Fsp3) is 0.941. The Hall–Kier alpha value is -0.770. The van der Waals surface area contributed by atoms with Gasteiger partial charge in [0, 0.05) is 19.1 Å². The molecule has 0 atom stereocenters. The summed E-state index contributed by atoms with van der Waals surface area (Å²) in [5, 5.41) is 3.62. The first-order valence-corrected chi connectivity index (χ1v) is 8.58. The number of ether oxygens (including phenoxy) is 1. The second kappa shape index (κ2) is 6.99. The Labute approximate surface area is 129 Å². The van der Waals surface area contributed by atoms with Crippen molar-refractivity contribution in [2.45, 2.75) is 71.4 Å². The Balaban J connectivity index is 1.58. The molecule has 4 nitrogen and oxygen atoms in total. The second-order valence-corrected chi connectivity index (χ2v) is 7.79. The molecule has 0 radical (unpaired) electrons. The largest absolute Gasteiger partial charge is 0.444 e. The van der Waals surface area contributed by atoms with Gasteiger partial charge in [0.1, 0.15) is 5.60 Å². The van der Waals surface area contributed by atoms with Crippen LogP contribution in [0.4, 0.5) is 4.79 Å². The molecular formula is C17H32N2O2. The molecule has 1 N–H and O–H groups in total. The van der Waals surface area contributed by atoms with E-state index in [1.165, 1.54) is 32.1 Å². The first-order chi connectivity index (χ1) is 9.87. The second-order valence-electron chi connectivity index (χ2n) is 7.79. The molecule has 1 saturated heterocycles. The first kappa shape index (κ1) is 16.6. The summed E-state index contributed by atoms with van der Waals surface area (Å²) >= 11 is 0. The average Bonchev–Trinajstić information content (AvgIpc) is 2.35. The van der Waals surface area contributed by atoms with E-state index in [1.54, 1.807) is 4.90 Å². The zero-order valence-corrected chi connectivity index (χ0v) is 14.2. The van der Waals surface area contributed by atoms with Crippen LogP contribution in [-0.4, -0.2) is 42.3 Å². The fourth-order valence-corrected chi connectivity index (χ4v) is 3.26. The summed E-state index contributed by atoms with van der Waals surface area (Å²) in [6.07, 6.45) is 6.70. The number of likely N-dealkylation sites (tertiary alicyclic amines) is 1. The molecular weight excluding hydrogens is 264 g/mol. The van der Waals surface area contributed by atoms with E-state index < -0.39 is 5.60 Å². The average molecular weight is 296 g/mol. The van der Waals surface area contributed by atoms with Gasteiger partial charge < -0.3 is 15.0 Å². The summed E-state index contributed by atoms with van der Waals surface area (Å²) in [5.74, 6) is 1.80. The van der Waals surface area contributed by atoms with Gasteiger partial charge in [-0.25, -0.2) is 4.79 Å². The van der Waals surface area contributed by atoms with Crippen LogP contribution in [0.25, 0.3) is 0 Å². The SMILES string of the molecule is CCC1CCC(CNC2CN(C(=O)OC(C)(C)C)C2)CC1. The summed E-state index contributed by atoms with van der Waals surface area (Å²) in [5.41, 5.74) is -0.395.